The molecule has 0 aromatic carbocycles. The number of nitrogens with zero attached hydrogens (tertiary/aromatic N) is 4. The average molecular weight is 273 g/mol. The number of anilines is 1. The zero-order valence-electron chi connectivity index (χ0n) is 8.93. The largest absolute Gasteiger partial charge is 0.377 e. The summed E-state index contributed by atoms with van der Waals surface area (Å²) in [4.78, 5) is 4.39. The molecular formula is C8H11N5S3. The second kappa shape index (κ2) is 5.55. The van der Waals surface area contributed by atoms with E-state index in [-0.39, 0.29) is 0 Å². The van der Waals surface area contributed by atoms with Crippen LogP contribution in [-0.4, -0.2) is 26.0 Å². The molecule has 0 aliphatic rings. The summed E-state index contributed by atoms with van der Waals surface area (Å²) in [5, 5.41) is 8.17. The molecule has 2 rings (SSSR count). The van der Waals surface area contributed by atoms with Crippen LogP contribution in [0.3, 0.4) is 0 Å². The summed E-state index contributed by atoms with van der Waals surface area (Å²) in [6.07, 6.45) is 0.886. The lowest BCUT2D eigenvalue weighted by Crippen LogP contribution is -1.90. The van der Waals surface area contributed by atoms with Crippen molar-refractivity contribution >= 4 is 39.8 Å². The second-order valence-corrected chi connectivity index (χ2v) is 5.65. The molecule has 0 aliphatic heterocycles. The normalized spacial score (nSPS) is 10.6. The maximum atomic E-state index is 4.39. The fourth-order valence-corrected chi connectivity index (χ4v) is 3.32. The fraction of sp³-hybridized carbons (Fsp3) is 0.500. The third-order valence-electron chi connectivity index (χ3n) is 1.88. The van der Waals surface area contributed by atoms with Crippen molar-refractivity contribution in [3.05, 3.63) is 11.5 Å². The van der Waals surface area contributed by atoms with Crippen LogP contribution < -0.4 is 5.32 Å². The summed E-state index contributed by atoms with van der Waals surface area (Å²) >= 11 is 4.48. The zero-order valence-corrected chi connectivity index (χ0v) is 11.4. The monoisotopic (exact) mass is 273 g/mol. The fourth-order valence-electron chi connectivity index (χ4n) is 1.06. The SMILES string of the molecule is CCc1nsc(SCc2nnsc2NC)n1. The molecule has 1 N–H and O–H groups in total. The Kier molecular flexibility index (Phi) is 4.08. The highest BCUT2D eigenvalue weighted by molar-refractivity contribution is 8.00. The van der Waals surface area contributed by atoms with Gasteiger partial charge in [-0.25, -0.2) is 4.98 Å². The minimum absolute atomic E-state index is 0.783. The molecule has 5 nitrogen and oxygen atoms in total. The summed E-state index contributed by atoms with van der Waals surface area (Å²) in [6.45, 7) is 2.06. The topological polar surface area (TPSA) is 63.6 Å². The van der Waals surface area contributed by atoms with Crippen molar-refractivity contribution in [1.82, 2.24) is 18.9 Å². The van der Waals surface area contributed by atoms with Gasteiger partial charge in [-0.15, -0.1) is 5.10 Å². The average Bonchev–Trinajstić information content (AvgIpc) is 2.94. The Morgan fingerprint density at radius 1 is 1.38 bits per heavy atom. The standard InChI is InChI=1S/C8H11N5S3/c1-3-6-10-8(16-12-6)14-4-5-7(9-2)15-13-11-5/h9H,3-4H2,1-2H3. The molecule has 0 atom stereocenters. The molecule has 0 saturated carbocycles. The molecule has 0 unspecified atom stereocenters. The minimum atomic E-state index is 0.783. The molecule has 0 bridgehead atoms. The lowest BCUT2D eigenvalue weighted by Gasteiger charge is -1.96. The Bertz CT molecular complexity index is 452. The van der Waals surface area contributed by atoms with Crippen molar-refractivity contribution in [1.29, 1.82) is 0 Å². The summed E-state index contributed by atoms with van der Waals surface area (Å²) in [6, 6.07) is 0. The van der Waals surface area contributed by atoms with Crippen LogP contribution in [0.1, 0.15) is 18.4 Å². The van der Waals surface area contributed by atoms with Gasteiger partial charge in [0.05, 0.1) is 0 Å². The van der Waals surface area contributed by atoms with E-state index in [0.717, 1.165) is 33.0 Å². The molecular weight excluding hydrogens is 262 g/mol. The first-order valence-electron chi connectivity index (χ1n) is 4.77. The summed E-state index contributed by atoms with van der Waals surface area (Å²) in [5.74, 6) is 1.70. The van der Waals surface area contributed by atoms with Crippen molar-refractivity contribution in [3.8, 4) is 0 Å². The van der Waals surface area contributed by atoms with Gasteiger partial charge in [0.25, 0.3) is 0 Å². The third kappa shape index (κ3) is 2.69. The Hall–Kier alpha value is -0.730. The van der Waals surface area contributed by atoms with Gasteiger partial charge < -0.3 is 5.32 Å². The van der Waals surface area contributed by atoms with Crippen LogP contribution in [0.5, 0.6) is 0 Å². The van der Waals surface area contributed by atoms with E-state index in [0.29, 0.717) is 0 Å². The summed E-state index contributed by atoms with van der Waals surface area (Å²) in [7, 11) is 1.88. The Morgan fingerprint density at radius 3 is 2.94 bits per heavy atom. The molecule has 86 valence electrons. The van der Waals surface area contributed by atoms with E-state index in [2.05, 4.69) is 31.2 Å². The highest BCUT2D eigenvalue weighted by Crippen LogP contribution is 2.27. The second-order valence-electron chi connectivity index (χ2n) is 2.92. The molecule has 2 aromatic rings. The lowest BCUT2D eigenvalue weighted by molar-refractivity contribution is 0.971. The van der Waals surface area contributed by atoms with Crippen LogP contribution in [0.15, 0.2) is 4.34 Å². The Balaban J connectivity index is 1.96. The first-order chi connectivity index (χ1) is 7.83. The van der Waals surface area contributed by atoms with Crippen LogP contribution in [0.25, 0.3) is 0 Å². The maximum Gasteiger partial charge on any atom is 0.170 e. The maximum absolute atomic E-state index is 4.39. The number of aromatic nitrogens is 4. The first-order valence-corrected chi connectivity index (χ1v) is 7.31. The molecule has 8 heteroatoms. The van der Waals surface area contributed by atoms with Crippen molar-refractivity contribution in [2.75, 3.05) is 12.4 Å². The number of thioether (sulfide) groups is 1. The van der Waals surface area contributed by atoms with Gasteiger partial charge in [0.15, 0.2) is 4.34 Å². The number of hydrogen-bond acceptors (Lipinski definition) is 8. The van der Waals surface area contributed by atoms with E-state index in [4.69, 9.17) is 0 Å². The van der Waals surface area contributed by atoms with Crippen molar-refractivity contribution < 1.29 is 0 Å². The molecule has 0 spiro atoms. The molecule has 0 radical (unpaired) electrons. The Morgan fingerprint density at radius 2 is 2.25 bits per heavy atom. The molecule has 0 aliphatic carbocycles. The van der Waals surface area contributed by atoms with Crippen LogP contribution in [-0.2, 0) is 12.2 Å². The van der Waals surface area contributed by atoms with Gasteiger partial charge in [-0.05, 0) is 11.5 Å². The third-order valence-corrected chi connectivity index (χ3v) is 4.55. The minimum Gasteiger partial charge on any atom is -0.377 e. The van der Waals surface area contributed by atoms with E-state index in [1.54, 1.807) is 11.8 Å². The molecule has 16 heavy (non-hydrogen) atoms. The zero-order chi connectivity index (χ0) is 11.4. The summed E-state index contributed by atoms with van der Waals surface area (Å²) in [5.41, 5.74) is 0.978. The van der Waals surface area contributed by atoms with Gasteiger partial charge in [-0.2, -0.15) is 4.37 Å². The number of aryl methyl sites for hydroxylation is 1. The number of hydrogen-bond donors (Lipinski definition) is 1. The van der Waals surface area contributed by atoms with Gasteiger partial charge >= 0.3 is 0 Å². The molecule has 0 amide bonds. The summed E-state index contributed by atoms with van der Waals surface area (Å²) < 4.78 is 9.14. The van der Waals surface area contributed by atoms with E-state index in [1.165, 1.54) is 23.1 Å². The van der Waals surface area contributed by atoms with Crippen LogP contribution in [0, 0.1) is 0 Å². The van der Waals surface area contributed by atoms with Crippen molar-refractivity contribution in [2.45, 2.75) is 23.4 Å². The molecule has 2 heterocycles. The van der Waals surface area contributed by atoms with Crippen molar-refractivity contribution in [3.63, 3.8) is 0 Å². The van der Waals surface area contributed by atoms with Gasteiger partial charge in [0, 0.05) is 30.8 Å². The van der Waals surface area contributed by atoms with Crippen molar-refractivity contribution in [2.24, 2.45) is 0 Å². The quantitative estimate of drug-likeness (QED) is 0.843. The number of nitrogens with one attached hydrogen (secondary N) is 1. The Labute approximate surface area is 106 Å². The molecule has 0 saturated heterocycles. The lowest BCUT2D eigenvalue weighted by atomic mass is 10.5. The highest BCUT2D eigenvalue weighted by Gasteiger charge is 2.09. The van der Waals surface area contributed by atoms with Crippen LogP contribution in [0.2, 0.25) is 0 Å². The van der Waals surface area contributed by atoms with Crippen LogP contribution >= 0.6 is 34.8 Å². The van der Waals surface area contributed by atoms with Crippen LogP contribution in [0.4, 0.5) is 5.00 Å². The predicted octanol–water partition coefficient (Wildman–Crippen LogP) is 2.29. The molecule has 0 fully saturated rings. The van der Waals surface area contributed by atoms with Gasteiger partial charge in [0.1, 0.15) is 16.5 Å². The van der Waals surface area contributed by atoms with E-state index < -0.39 is 0 Å². The van der Waals surface area contributed by atoms with Gasteiger partial charge in [-0.3, -0.25) is 0 Å². The smallest absolute Gasteiger partial charge is 0.170 e. The molecule has 2 aromatic heterocycles. The van der Waals surface area contributed by atoms with E-state index >= 15 is 0 Å². The number of rotatable bonds is 5. The predicted molar refractivity (Wildman–Crippen MR) is 68.3 cm³/mol. The van der Waals surface area contributed by atoms with E-state index in [9.17, 15) is 0 Å². The van der Waals surface area contributed by atoms with E-state index in [1.807, 2.05) is 7.05 Å². The highest BCUT2D eigenvalue weighted by atomic mass is 32.2. The first kappa shape index (κ1) is 11.7. The van der Waals surface area contributed by atoms with Gasteiger partial charge in [-0.1, -0.05) is 23.2 Å². The van der Waals surface area contributed by atoms with Gasteiger partial charge in [0.2, 0.25) is 0 Å².